The highest BCUT2D eigenvalue weighted by Gasteiger charge is 2.28. The van der Waals surface area contributed by atoms with Gasteiger partial charge in [-0.2, -0.15) is 0 Å². The van der Waals surface area contributed by atoms with Gasteiger partial charge < -0.3 is 14.7 Å². The molecule has 0 radical (unpaired) electrons. The van der Waals surface area contributed by atoms with E-state index in [2.05, 4.69) is 67.1 Å². The lowest BCUT2D eigenvalue weighted by Gasteiger charge is -2.17. The number of aromatic nitrogens is 2. The van der Waals surface area contributed by atoms with E-state index in [0.717, 1.165) is 27.8 Å². The first-order chi connectivity index (χ1) is 13.9. The lowest BCUT2D eigenvalue weighted by Crippen LogP contribution is -2.09. The maximum atomic E-state index is 12.6. The molecule has 148 valence electrons. The molecule has 0 spiro atoms. The lowest BCUT2D eigenvalue weighted by atomic mass is 9.86. The second kappa shape index (κ2) is 7.28. The number of rotatable bonds is 4. The van der Waals surface area contributed by atoms with Crippen molar-refractivity contribution in [2.45, 2.75) is 32.1 Å². The van der Waals surface area contributed by atoms with E-state index in [0.29, 0.717) is 5.56 Å². The zero-order chi connectivity index (χ0) is 20.6. The average Bonchev–Trinajstić information content (AvgIpc) is 3.42. The van der Waals surface area contributed by atoms with Gasteiger partial charge in [-0.25, -0.2) is 4.79 Å². The van der Waals surface area contributed by atoms with Crippen molar-refractivity contribution in [1.29, 1.82) is 0 Å². The summed E-state index contributed by atoms with van der Waals surface area (Å²) in [5.41, 5.74) is 7.20. The molecule has 0 unspecified atom stereocenters. The summed E-state index contributed by atoms with van der Waals surface area (Å²) in [6, 6.07) is 14.6. The molecule has 0 aliphatic heterocycles. The minimum absolute atomic E-state index is 0.00823. The Morgan fingerprint density at radius 3 is 1.97 bits per heavy atom. The number of hydrogen-bond acceptors (Lipinski definition) is 2. The number of methoxy groups -OCH3 is 1. The largest absolute Gasteiger partial charge is 0.465 e. The molecule has 29 heavy (non-hydrogen) atoms. The molecule has 2 aromatic rings. The Labute approximate surface area is 171 Å². The normalized spacial score (nSPS) is 11.9. The van der Waals surface area contributed by atoms with E-state index in [1.807, 2.05) is 30.9 Å². The van der Waals surface area contributed by atoms with Crippen molar-refractivity contribution in [2.75, 3.05) is 7.11 Å². The summed E-state index contributed by atoms with van der Waals surface area (Å²) in [7, 11) is 1.43. The molecular formula is C25H26N2O2. The van der Waals surface area contributed by atoms with E-state index in [-0.39, 0.29) is 17.3 Å². The predicted octanol–water partition coefficient (Wildman–Crippen LogP) is 5.71. The third-order valence-electron chi connectivity index (χ3n) is 5.54. The van der Waals surface area contributed by atoms with Crippen molar-refractivity contribution in [3.05, 3.63) is 95.1 Å². The van der Waals surface area contributed by atoms with Crippen LogP contribution in [-0.2, 0) is 10.2 Å². The van der Waals surface area contributed by atoms with Gasteiger partial charge in [0.25, 0.3) is 0 Å². The zero-order valence-electron chi connectivity index (χ0n) is 17.2. The van der Waals surface area contributed by atoms with Crippen molar-refractivity contribution >= 4 is 5.97 Å². The standard InChI is InChI=1S/C25H26N2O2/c1-25(2,3)18-5-7-19-20(8-6-18)22(24(28)29-4)13-21(19)23(16-9-11-26-14-16)17-10-12-27-15-17/h5-15,23,26-27H,1-4H3. The van der Waals surface area contributed by atoms with E-state index < -0.39 is 0 Å². The highest BCUT2D eigenvalue weighted by molar-refractivity contribution is 6.00. The number of fused-ring (bicyclic) bond motifs is 1. The molecule has 4 rings (SSSR count). The van der Waals surface area contributed by atoms with Crippen molar-refractivity contribution in [3.8, 4) is 11.1 Å². The Kier molecular flexibility index (Phi) is 4.79. The SMILES string of the molecule is COC(=O)c1cc(C(c2cc[nH]c2)c2cc[nH]c2)c2ccc(C(C)(C)C)ccc1-2. The van der Waals surface area contributed by atoms with Crippen LogP contribution in [0.1, 0.15) is 59.3 Å². The van der Waals surface area contributed by atoms with Gasteiger partial charge in [0.2, 0.25) is 0 Å². The Morgan fingerprint density at radius 1 is 0.897 bits per heavy atom. The van der Waals surface area contributed by atoms with Crippen molar-refractivity contribution in [2.24, 2.45) is 0 Å². The zero-order valence-corrected chi connectivity index (χ0v) is 17.2. The first kappa shape index (κ1) is 19.1. The number of H-pyrrole nitrogens is 2. The van der Waals surface area contributed by atoms with Crippen LogP contribution in [0.3, 0.4) is 0 Å². The fraction of sp³-hybridized carbons (Fsp3) is 0.240. The van der Waals surface area contributed by atoms with Crippen LogP contribution >= 0.6 is 0 Å². The molecule has 4 nitrogen and oxygen atoms in total. The van der Waals surface area contributed by atoms with Crippen LogP contribution in [0, 0.1) is 0 Å². The number of hydrogen-bond donors (Lipinski definition) is 2. The number of carbonyl (C=O) groups is 1. The third kappa shape index (κ3) is 3.46. The molecule has 0 saturated heterocycles. The number of ether oxygens (including phenoxy) is 1. The predicted molar refractivity (Wildman–Crippen MR) is 116 cm³/mol. The van der Waals surface area contributed by atoms with Gasteiger partial charge in [0, 0.05) is 30.7 Å². The third-order valence-corrected chi connectivity index (χ3v) is 5.54. The van der Waals surface area contributed by atoms with Gasteiger partial charge in [0.1, 0.15) is 0 Å². The number of carbonyl (C=O) groups excluding carboxylic acids is 1. The average molecular weight is 386 g/mol. The van der Waals surface area contributed by atoms with Crippen molar-refractivity contribution < 1.29 is 9.53 Å². The van der Waals surface area contributed by atoms with Gasteiger partial charge in [-0.1, -0.05) is 45.0 Å². The van der Waals surface area contributed by atoms with E-state index in [1.54, 1.807) is 0 Å². The molecular weight excluding hydrogens is 360 g/mol. The molecule has 0 atom stereocenters. The van der Waals surface area contributed by atoms with Gasteiger partial charge >= 0.3 is 5.97 Å². The molecule has 2 aliphatic rings. The molecule has 2 heterocycles. The summed E-state index contributed by atoms with van der Waals surface area (Å²) in [5.74, 6) is -0.305. The summed E-state index contributed by atoms with van der Waals surface area (Å²) >= 11 is 0. The number of nitrogens with one attached hydrogen (secondary N) is 2. The molecule has 0 saturated carbocycles. The van der Waals surface area contributed by atoms with Gasteiger partial charge in [0.05, 0.1) is 12.7 Å². The Hall–Kier alpha value is -3.27. The van der Waals surface area contributed by atoms with E-state index in [4.69, 9.17) is 4.74 Å². The molecule has 0 aromatic carbocycles. The topological polar surface area (TPSA) is 57.9 Å². The van der Waals surface area contributed by atoms with Crippen LogP contribution in [0.4, 0.5) is 0 Å². The smallest absolute Gasteiger partial charge is 0.338 e. The second-order valence-corrected chi connectivity index (χ2v) is 8.43. The molecule has 0 amide bonds. The van der Waals surface area contributed by atoms with Crippen LogP contribution in [0.25, 0.3) is 11.1 Å². The number of esters is 1. The minimum atomic E-state index is -0.313. The van der Waals surface area contributed by atoms with Gasteiger partial charge in [-0.05, 0) is 57.0 Å². The van der Waals surface area contributed by atoms with E-state index in [9.17, 15) is 4.79 Å². The highest BCUT2D eigenvalue weighted by atomic mass is 16.5. The first-order valence-electron chi connectivity index (χ1n) is 9.81. The Morgan fingerprint density at radius 2 is 1.48 bits per heavy atom. The Bertz CT molecular complexity index is 1050. The molecule has 2 aliphatic carbocycles. The lowest BCUT2D eigenvalue weighted by molar-refractivity contribution is 0.0602. The van der Waals surface area contributed by atoms with E-state index in [1.165, 1.54) is 12.7 Å². The highest BCUT2D eigenvalue weighted by Crippen LogP contribution is 2.42. The van der Waals surface area contributed by atoms with Gasteiger partial charge in [-0.3, -0.25) is 0 Å². The minimum Gasteiger partial charge on any atom is -0.465 e. The fourth-order valence-corrected chi connectivity index (χ4v) is 3.98. The van der Waals surface area contributed by atoms with Crippen LogP contribution < -0.4 is 0 Å². The van der Waals surface area contributed by atoms with Crippen LogP contribution in [0.5, 0.6) is 0 Å². The second-order valence-electron chi connectivity index (χ2n) is 8.43. The van der Waals surface area contributed by atoms with E-state index >= 15 is 0 Å². The summed E-state index contributed by atoms with van der Waals surface area (Å²) in [4.78, 5) is 18.9. The quantitative estimate of drug-likeness (QED) is 0.441. The Balaban J connectivity index is 1.99. The monoisotopic (exact) mass is 386 g/mol. The molecule has 0 fully saturated rings. The maximum absolute atomic E-state index is 12.6. The van der Waals surface area contributed by atoms with Gasteiger partial charge in [0.15, 0.2) is 0 Å². The molecule has 2 aromatic heterocycles. The van der Waals surface area contributed by atoms with Crippen molar-refractivity contribution in [3.63, 3.8) is 0 Å². The maximum Gasteiger partial charge on any atom is 0.338 e. The fourth-order valence-electron chi connectivity index (χ4n) is 3.98. The van der Waals surface area contributed by atoms with Crippen LogP contribution in [0.15, 0.2) is 67.3 Å². The molecule has 0 bridgehead atoms. The van der Waals surface area contributed by atoms with Crippen LogP contribution in [-0.4, -0.2) is 23.0 Å². The molecule has 4 heteroatoms. The van der Waals surface area contributed by atoms with Gasteiger partial charge in [-0.15, -0.1) is 0 Å². The summed E-state index contributed by atoms with van der Waals surface area (Å²) < 4.78 is 5.10. The summed E-state index contributed by atoms with van der Waals surface area (Å²) in [6.45, 7) is 6.58. The first-order valence-corrected chi connectivity index (χ1v) is 9.81. The summed E-state index contributed by atoms with van der Waals surface area (Å²) in [6.07, 6.45) is 7.88. The van der Waals surface area contributed by atoms with Crippen molar-refractivity contribution in [1.82, 2.24) is 9.97 Å². The molecule has 2 N–H and O–H groups in total. The summed E-state index contributed by atoms with van der Waals surface area (Å²) in [5, 5.41) is 0. The number of aromatic amines is 2. The van der Waals surface area contributed by atoms with Crippen LogP contribution in [0.2, 0.25) is 0 Å².